The Labute approximate surface area is 213 Å². The van der Waals surface area contributed by atoms with Gasteiger partial charge in [-0.1, -0.05) is 12.1 Å². The van der Waals surface area contributed by atoms with Gasteiger partial charge in [0, 0.05) is 31.6 Å². The minimum absolute atomic E-state index is 0.0144. The molecule has 2 aromatic heterocycles. The number of hydrogen-bond donors (Lipinski definition) is 1. The number of anilines is 1. The number of hydrogen-bond acceptors (Lipinski definition) is 8. The van der Waals surface area contributed by atoms with Gasteiger partial charge in [0.2, 0.25) is 17.7 Å². The molecule has 1 N–H and O–H groups in total. The van der Waals surface area contributed by atoms with Crippen LogP contribution >= 0.6 is 0 Å². The summed E-state index contributed by atoms with van der Waals surface area (Å²) in [6.45, 7) is 2.54. The number of aromatic nitrogens is 4. The topological polar surface area (TPSA) is 97.6 Å². The number of imidazole rings is 1. The van der Waals surface area contributed by atoms with Gasteiger partial charge in [-0.25, -0.2) is 13.8 Å². The Kier molecular flexibility index (Phi) is 7.47. The highest BCUT2D eigenvalue weighted by atomic mass is 19.3. The van der Waals surface area contributed by atoms with E-state index in [0.717, 1.165) is 12.8 Å². The first-order valence-corrected chi connectivity index (χ1v) is 12.5. The molecule has 0 radical (unpaired) electrons. The number of nitrogens with one attached hydrogen (secondary N) is 1. The second kappa shape index (κ2) is 10.9. The predicted molar refractivity (Wildman–Crippen MR) is 133 cm³/mol. The van der Waals surface area contributed by atoms with Gasteiger partial charge in [0.15, 0.2) is 5.82 Å². The van der Waals surface area contributed by atoms with E-state index in [2.05, 4.69) is 20.3 Å². The molecule has 3 heterocycles. The number of ether oxygens (including phenoxy) is 2. The maximum atomic E-state index is 14.0. The fourth-order valence-electron chi connectivity index (χ4n) is 4.82. The molecular weight excluding hydrogens is 484 g/mol. The molecule has 37 heavy (non-hydrogen) atoms. The van der Waals surface area contributed by atoms with Crippen LogP contribution in [-0.4, -0.2) is 89.4 Å². The van der Waals surface area contributed by atoms with Crippen LogP contribution in [0.25, 0.3) is 16.9 Å². The standard InChI is InChI=1S/C25H31F2N7O3/c1-32(2)15-21(35)28-16-7-8-17(13-16)37-22-14-20(30-25(31-22)33-9-11-36-12-10-33)34-19-6-4-3-5-18(19)29-24(34)23(26)27/h3-6,14,16-17,23H,7-13,15H2,1-2H3,(H,28,35)/t16-,17+/m1/s1. The number of carbonyl (C=O) groups is 1. The number of rotatable bonds is 8. The van der Waals surface area contributed by atoms with E-state index in [-0.39, 0.29) is 29.7 Å². The van der Waals surface area contributed by atoms with Gasteiger partial charge in [-0.05, 0) is 39.1 Å². The first-order chi connectivity index (χ1) is 17.9. The normalized spacial score (nSPS) is 20.2. The zero-order valence-corrected chi connectivity index (χ0v) is 20.9. The van der Waals surface area contributed by atoms with Crippen LogP contribution in [-0.2, 0) is 9.53 Å². The Morgan fingerprint density at radius 3 is 2.73 bits per heavy atom. The summed E-state index contributed by atoms with van der Waals surface area (Å²) >= 11 is 0. The van der Waals surface area contributed by atoms with Crippen LogP contribution in [0.5, 0.6) is 5.88 Å². The van der Waals surface area contributed by atoms with Crippen LogP contribution in [0.4, 0.5) is 14.7 Å². The van der Waals surface area contributed by atoms with Gasteiger partial charge in [0.05, 0.1) is 30.8 Å². The zero-order valence-electron chi connectivity index (χ0n) is 20.9. The average Bonchev–Trinajstić information content (AvgIpc) is 3.48. The highest BCUT2D eigenvalue weighted by Gasteiger charge is 2.29. The molecule has 0 spiro atoms. The van der Waals surface area contributed by atoms with Crippen LogP contribution in [0, 0.1) is 0 Å². The first kappa shape index (κ1) is 25.3. The number of morpholine rings is 1. The maximum Gasteiger partial charge on any atom is 0.296 e. The van der Waals surface area contributed by atoms with Gasteiger partial charge in [-0.15, -0.1) is 0 Å². The second-order valence-electron chi connectivity index (χ2n) is 9.61. The highest BCUT2D eigenvalue weighted by Crippen LogP contribution is 2.31. The van der Waals surface area contributed by atoms with Gasteiger partial charge in [0.1, 0.15) is 11.9 Å². The molecule has 1 amide bonds. The Hall–Kier alpha value is -3.38. The molecule has 0 bridgehead atoms. The SMILES string of the molecule is CN(C)CC(=O)N[C@@H]1CC[C@H](Oc2cc(-n3c(C(F)F)nc4ccccc43)nc(N3CCOCC3)n2)C1. The molecule has 2 aliphatic rings. The Bertz CT molecular complexity index is 1250. The maximum absolute atomic E-state index is 14.0. The minimum Gasteiger partial charge on any atom is -0.474 e. The number of amides is 1. The highest BCUT2D eigenvalue weighted by molar-refractivity contribution is 5.78. The fraction of sp³-hybridized carbons (Fsp3) is 0.520. The zero-order chi connectivity index (χ0) is 25.9. The molecular formula is C25H31F2N7O3. The molecule has 1 saturated carbocycles. The van der Waals surface area contributed by atoms with E-state index >= 15 is 0 Å². The third kappa shape index (κ3) is 5.80. The molecule has 5 rings (SSSR count). The Morgan fingerprint density at radius 1 is 1.19 bits per heavy atom. The Morgan fingerprint density at radius 2 is 1.97 bits per heavy atom. The molecule has 1 aliphatic carbocycles. The number of halogens is 2. The molecule has 0 unspecified atom stereocenters. The van der Waals surface area contributed by atoms with E-state index in [1.807, 2.05) is 23.9 Å². The lowest BCUT2D eigenvalue weighted by Crippen LogP contribution is -2.39. The monoisotopic (exact) mass is 515 g/mol. The largest absolute Gasteiger partial charge is 0.474 e. The van der Waals surface area contributed by atoms with Crippen molar-refractivity contribution < 1.29 is 23.0 Å². The van der Waals surface area contributed by atoms with Crippen molar-refractivity contribution >= 4 is 22.9 Å². The van der Waals surface area contributed by atoms with E-state index < -0.39 is 6.43 Å². The van der Waals surface area contributed by atoms with Crippen LogP contribution < -0.4 is 15.0 Å². The minimum atomic E-state index is -2.79. The van der Waals surface area contributed by atoms with Gasteiger partial charge in [0.25, 0.3) is 6.43 Å². The van der Waals surface area contributed by atoms with Gasteiger partial charge < -0.3 is 24.6 Å². The average molecular weight is 516 g/mol. The summed E-state index contributed by atoms with van der Waals surface area (Å²) in [4.78, 5) is 29.4. The number of alkyl halides is 2. The van der Waals surface area contributed by atoms with Gasteiger partial charge in [-0.2, -0.15) is 9.97 Å². The van der Waals surface area contributed by atoms with E-state index in [0.29, 0.717) is 62.1 Å². The van der Waals surface area contributed by atoms with Crippen molar-refractivity contribution in [2.45, 2.75) is 37.8 Å². The summed E-state index contributed by atoms with van der Waals surface area (Å²) in [7, 11) is 3.70. The number of likely N-dealkylation sites (N-methyl/N-ethyl adjacent to an activating group) is 1. The summed E-state index contributed by atoms with van der Waals surface area (Å²) in [6.07, 6.45) is -0.782. The van der Waals surface area contributed by atoms with Crippen molar-refractivity contribution in [3.63, 3.8) is 0 Å². The van der Waals surface area contributed by atoms with E-state index in [4.69, 9.17) is 9.47 Å². The molecule has 2 fully saturated rings. The summed E-state index contributed by atoms with van der Waals surface area (Å²) in [5, 5.41) is 3.05. The number of para-hydroxylation sites is 2. The van der Waals surface area contributed by atoms with E-state index in [1.54, 1.807) is 30.3 Å². The van der Waals surface area contributed by atoms with Crippen molar-refractivity contribution in [1.29, 1.82) is 0 Å². The number of benzene rings is 1. The molecule has 1 aliphatic heterocycles. The van der Waals surface area contributed by atoms with Crippen LogP contribution in [0.3, 0.4) is 0 Å². The molecule has 2 atom stereocenters. The van der Waals surface area contributed by atoms with Crippen molar-refractivity contribution in [3.05, 3.63) is 36.2 Å². The molecule has 198 valence electrons. The number of carbonyl (C=O) groups excluding carboxylic acids is 1. The van der Waals surface area contributed by atoms with E-state index in [1.165, 1.54) is 4.57 Å². The molecule has 12 heteroatoms. The van der Waals surface area contributed by atoms with Crippen molar-refractivity contribution in [2.24, 2.45) is 0 Å². The van der Waals surface area contributed by atoms with Crippen LogP contribution in [0.1, 0.15) is 31.5 Å². The van der Waals surface area contributed by atoms with Crippen molar-refractivity contribution in [3.8, 4) is 11.7 Å². The van der Waals surface area contributed by atoms with Crippen molar-refractivity contribution in [1.82, 2.24) is 29.7 Å². The lowest BCUT2D eigenvalue weighted by molar-refractivity contribution is -0.122. The molecule has 1 aromatic carbocycles. The quantitative estimate of drug-likeness (QED) is 0.489. The summed E-state index contributed by atoms with van der Waals surface area (Å²) < 4.78 is 41.2. The van der Waals surface area contributed by atoms with Gasteiger partial charge in [-0.3, -0.25) is 9.36 Å². The number of nitrogens with zero attached hydrogens (tertiary/aromatic N) is 6. The Balaban J connectivity index is 1.45. The summed E-state index contributed by atoms with van der Waals surface area (Å²) in [6, 6.07) is 8.57. The van der Waals surface area contributed by atoms with Gasteiger partial charge >= 0.3 is 0 Å². The molecule has 3 aromatic rings. The molecule has 10 nitrogen and oxygen atoms in total. The summed E-state index contributed by atoms with van der Waals surface area (Å²) in [5.74, 6) is 0.547. The second-order valence-corrected chi connectivity index (χ2v) is 9.61. The lowest BCUT2D eigenvalue weighted by Gasteiger charge is -2.27. The fourth-order valence-corrected chi connectivity index (χ4v) is 4.82. The molecule has 1 saturated heterocycles. The first-order valence-electron chi connectivity index (χ1n) is 12.5. The van der Waals surface area contributed by atoms with Crippen LogP contribution in [0.15, 0.2) is 30.3 Å². The third-order valence-corrected chi connectivity index (χ3v) is 6.48. The third-order valence-electron chi connectivity index (χ3n) is 6.48. The van der Waals surface area contributed by atoms with E-state index in [9.17, 15) is 13.6 Å². The van der Waals surface area contributed by atoms with Crippen molar-refractivity contribution in [2.75, 3.05) is 51.8 Å². The predicted octanol–water partition coefficient (Wildman–Crippen LogP) is 2.57. The smallest absolute Gasteiger partial charge is 0.296 e. The lowest BCUT2D eigenvalue weighted by atomic mass is 10.2. The number of fused-ring (bicyclic) bond motifs is 1. The van der Waals surface area contributed by atoms with Crippen LogP contribution in [0.2, 0.25) is 0 Å². The summed E-state index contributed by atoms with van der Waals surface area (Å²) in [5.41, 5.74) is 0.985.